The standard InChI is InChI=1S/C20H18F2O7/c1-2-27-12-28-17(23)14-8-10-15(11-9-14)18(24)29-16(20(21,22)19(25)26)13-6-4-3-5-7-13/h3-11,16H,2,12H2,1H3,(H,25,26). The smallest absolute Gasteiger partial charge is 0.382 e. The summed E-state index contributed by atoms with van der Waals surface area (Å²) >= 11 is 0. The SMILES string of the molecule is CCOCOC(=O)c1ccc(C(=O)OC(c2ccccc2)C(F)(F)C(=O)O)cc1. The first-order valence-corrected chi connectivity index (χ1v) is 8.49. The highest BCUT2D eigenvalue weighted by Crippen LogP contribution is 2.35. The van der Waals surface area contributed by atoms with Gasteiger partial charge in [0.05, 0.1) is 11.1 Å². The van der Waals surface area contributed by atoms with E-state index < -0.39 is 29.9 Å². The van der Waals surface area contributed by atoms with E-state index in [9.17, 15) is 23.2 Å². The third-order valence-electron chi connectivity index (χ3n) is 3.78. The summed E-state index contributed by atoms with van der Waals surface area (Å²) in [5.74, 6) is -8.64. The molecule has 1 unspecified atom stereocenters. The molecular weight excluding hydrogens is 390 g/mol. The van der Waals surface area contributed by atoms with Crippen LogP contribution in [0.5, 0.6) is 0 Å². The average molecular weight is 408 g/mol. The van der Waals surface area contributed by atoms with Crippen molar-refractivity contribution in [1.82, 2.24) is 0 Å². The molecule has 7 nitrogen and oxygen atoms in total. The molecule has 2 aromatic carbocycles. The molecular formula is C20H18F2O7. The van der Waals surface area contributed by atoms with Gasteiger partial charge in [0.25, 0.3) is 0 Å². The third-order valence-corrected chi connectivity index (χ3v) is 3.78. The van der Waals surface area contributed by atoms with Gasteiger partial charge in [0, 0.05) is 6.61 Å². The first-order chi connectivity index (χ1) is 13.8. The fourth-order valence-corrected chi connectivity index (χ4v) is 2.27. The Balaban J connectivity index is 2.17. The molecule has 0 amide bonds. The zero-order valence-corrected chi connectivity index (χ0v) is 15.3. The van der Waals surface area contributed by atoms with Gasteiger partial charge >= 0.3 is 23.8 Å². The van der Waals surface area contributed by atoms with Gasteiger partial charge in [0.1, 0.15) is 0 Å². The van der Waals surface area contributed by atoms with Crippen molar-refractivity contribution in [1.29, 1.82) is 0 Å². The normalized spacial score (nSPS) is 12.1. The van der Waals surface area contributed by atoms with Gasteiger partial charge in [-0.2, -0.15) is 8.78 Å². The summed E-state index contributed by atoms with van der Waals surface area (Å²) in [7, 11) is 0. The highest BCUT2D eigenvalue weighted by molar-refractivity contribution is 5.93. The van der Waals surface area contributed by atoms with Crippen molar-refractivity contribution in [2.45, 2.75) is 19.0 Å². The molecule has 2 aromatic rings. The monoisotopic (exact) mass is 408 g/mol. The molecule has 2 rings (SSSR count). The summed E-state index contributed by atoms with van der Waals surface area (Å²) in [6.07, 6.45) is -2.33. The third kappa shape index (κ3) is 5.58. The Morgan fingerprint density at radius 3 is 2.03 bits per heavy atom. The Hall–Kier alpha value is -3.33. The molecule has 0 aromatic heterocycles. The molecule has 154 valence electrons. The second-order valence-electron chi connectivity index (χ2n) is 5.74. The van der Waals surface area contributed by atoms with Gasteiger partial charge in [-0.05, 0) is 36.8 Å². The van der Waals surface area contributed by atoms with Gasteiger partial charge in [-0.25, -0.2) is 14.4 Å². The van der Waals surface area contributed by atoms with Crippen LogP contribution in [0.15, 0.2) is 54.6 Å². The van der Waals surface area contributed by atoms with E-state index in [-0.39, 0.29) is 23.5 Å². The van der Waals surface area contributed by atoms with E-state index in [0.717, 1.165) is 0 Å². The molecule has 1 atom stereocenters. The van der Waals surface area contributed by atoms with E-state index in [1.165, 1.54) is 48.5 Å². The number of carbonyl (C=O) groups excluding carboxylic acids is 2. The first kappa shape index (κ1) is 22.0. The number of hydrogen-bond acceptors (Lipinski definition) is 6. The summed E-state index contributed by atoms with van der Waals surface area (Å²) in [5.41, 5.74) is -0.213. The minimum absolute atomic E-state index is 0.108. The van der Waals surface area contributed by atoms with Crippen molar-refractivity contribution in [3.63, 3.8) is 0 Å². The van der Waals surface area contributed by atoms with Gasteiger partial charge in [-0.1, -0.05) is 30.3 Å². The maximum atomic E-state index is 14.1. The van der Waals surface area contributed by atoms with Crippen LogP contribution in [-0.4, -0.2) is 42.3 Å². The topological polar surface area (TPSA) is 99.1 Å². The molecule has 0 bridgehead atoms. The lowest BCUT2D eigenvalue weighted by Gasteiger charge is -2.24. The minimum atomic E-state index is -4.35. The van der Waals surface area contributed by atoms with Crippen molar-refractivity contribution < 1.29 is 42.5 Å². The zero-order valence-electron chi connectivity index (χ0n) is 15.3. The maximum absolute atomic E-state index is 14.1. The molecule has 0 saturated heterocycles. The number of ether oxygens (including phenoxy) is 3. The highest BCUT2D eigenvalue weighted by Gasteiger charge is 2.51. The number of esters is 2. The predicted molar refractivity (Wildman–Crippen MR) is 95.5 cm³/mol. The summed E-state index contributed by atoms with van der Waals surface area (Å²) in [5, 5.41) is 8.84. The quantitative estimate of drug-likeness (QED) is 0.385. The maximum Gasteiger partial charge on any atom is 0.382 e. The Bertz CT molecular complexity index is 851. The molecule has 0 spiro atoms. The lowest BCUT2D eigenvalue weighted by Crippen LogP contribution is -2.38. The molecule has 0 aliphatic heterocycles. The Kier molecular flexibility index (Phi) is 7.38. The van der Waals surface area contributed by atoms with Crippen LogP contribution >= 0.6 is 0 Å². The van der Waals surface area contributed by atoms with E-state index >= 15 is 0 Å². The van der Waals surface area contributed by atoms with E-state index in [4.69, 9.17) is 19.3 Å². The highest BCUT2D eigenvalue weighted by atomic mass is 19.3. The summed E-state index contributed by atoms with van der Waals surface area (Å²) in [6.45, 7) is 1.86. The second kappa shape index (κ2) is 9.74. The van der Waals surface area contributed by atoms with Crippen molar-refractivity contribution in [3.8, 4) is 0 Å². The molecule has 0 aliphatic carbocycles. The number of benzene rings is 2. The predicted octanol–water partition coefficient (Wildman–Crippen LogP) is 3.46. The number of hydrogen-bond donors (Lipinski definition) is 1. The molecule has 0 radical (unpaired) electrons. The summed E-state index contributed by atoms with van der Waals surface area (Å²) in [6, 6.07) is 11.7. The van der Waals surface area contributed by atoms with Gasteiger partial charge < -0.3 is 19.3 Å². The number of aliphatic carboxylic acids is 1. The van der Waals surface area contributed by atoms with E-state index in [1.54, 1.807) is 13.0 Å². The van der Waals surface area contributed by atoms with Gasteiger partial charge in [-0.15, -0.1) is 0 Å². The molecule has 1 N–H and O–H groups in total. The number of halogens is 2. The Labute approximate surface area is 164 Å². The van der Waals surface area contributed by atoms with Crippen molar-refractivity contribution >= 4 is 17.9 Å². The first-order valence-electron chi connectivity index (χ1n) is 8.49. The van der Waals surface area contributed by atoms with Crippen LogP contribution in [0, 0.1) is 0 Å². The van der Waals surface area contributed by atoms with Crippen LogP contribution in [0.1, 0.15) is 39.3 Å². The lowest BCUT2D eigenvalue weighted by molar-refractivity contribution is -0.183. The number of alkyl halides is 2. The summed E-state index contributed by atoms with van der Waals surface area (Å²) in [4.78, 5) is 35.1. The average Bonchev–Trinajstić information content (AvgIpc) is 2.72. The Morgan fingerprint density at radius 2 is 1.52 bits per heavy atom. The van der Waals surface area contributed by atoms with Gasteiger partial charge in [0.15, 0.2) is 6.79 Å². The molecule has 9 heteroatoms. The molecule has 0 fully saturated rings. The van der Waals surface area contributed by atoms with Crippen LogP contribution in [-0.2, 0) is 19.0 Å². The number of carbonyl (C=O) groups is 3. The van der Waals surface area contributed by atoms with Crippen molar-refractivity contribution in [3.05, 3.63) is 71.3 Å². The van der Waals surface area contributed by atoms with E-state index in [2.05, 4.69) is 0 Å². The minimum Gasteiger partial charge on any atom is -0.477 e. The molecule has 29 heavy (non-hydrogen) atoms. The van der Waals surface area contributed by atoms with Crippen LogP contribution in [0.4, 0.5) is 8.78 Å². The van der Waals surface area contributed by atoms with Crippen LogP contribution in [0.3, 0.4) is 0 Å². The molecule has 0 heterocycles. The van der Waals surface area contributed by atoms with Crippen molar-refractivity contribution in [2.75, 3.05) is 13.4 Å². The van der Waals surface area contributed by atoms with Crippen LogP contribution in [0.25, 0.3) is 0 Å². The van der Waals surface area contributed by atoms with Gasteiger partial charge in [0.2, 0.25) is 6.10 Å². The second-order valence-corrected chi connectivity index (χ2v) is 5.74. The van der Waals surface area contributed by atoms with Crippen LogP contribution < -0.4 is 0 Å². The lowest BCUT2D eigenvalue weighted by atomic mass is 10.0. The Morgan fingerprint density at radius 1 is 0.966 bits per heavy atom. The number of rotatable bonds is 9. The molecule has 0 aliphatic rings. The fourth-order valence-electron chi connectivity index (χ4n) is 2.27. The van der Waals surface area contributed by atoms with Gasteiger partial charge in [-0.3, -0.25) is 0 Å². The summed E-state index contributed by atoms with van der Waals surface area (Å²) < 4.78 is 42.8. The van der Waals surface area contributed by atoms with E-state index in [0.29, 0.717) is 6.61 Å². The number of carboxylic acid groups (broad SMARTS) is 1. The zero-order chi connectivity index (χ0) is 21.4. The van der Waals surface area contributed by atoms with Crippen molar-refractivity contribution in [2.24, 2.45) is 0 Å². The molecule has 0 saturated carbocycles. The number of carboxylic acids is 1. The largest absolute Gasteiger partial charge is 0.477 e. The van der Waals surface area contributed by atoms with Crippen LogP contribution in [0.2, 0.25) is 0 Å². The fraction of sp³-hybridized carbons (Fsp3) is 0.250. The van der Waals surface area contributed by atoms with E-state index in [1.807, 2.05) is 0 Å².